The smallest absolute Gasteiger partial charge is 0.252 e. The van der Waals surface area contributed by atoms with Gasteiger partial charge in [-0.2, -0.15) is 4.98 Å². The van der Waals surface area contributed by atoms with E-state index in [4.69, 9.17) is 23.2 Å². The highest BCUT2D eigenvalue weighted by atomic mass is 35.5. The van der Waals surface area contributed by atoms with Crippen molar-refractivity contribution < 1.29 is 9.90 Å². The van der Waals surface area contributed by atoms with Gasteiger partial charge in [0.2, 0.25) is 5.88 Å². The van der Waals surface area contributed by atoms with E-state index in [0.29, 0.717) is 34.5 Å². The SMILES string of the molecule is O=C(NCCc1sc(NCC2CCCCC2)nc1O)c1ccc(Cl)cc1Cl. The zero-order valence-corrected chi connectivity index (χ0v) is 17.3. The third-order valence-electron chi connectivity index (χ3n) is 4.76. The van der Waals surface area contributed by atoms with Crippen LogP contribution in [-0.4, -0.2) is 29.1 Å². The second-order valence-electron chi connectivity index (χ2n) is 6.78. The molecule has 3 N–H and O–H groups in total. The molecule has 3 rings (SSSR count). The van der Waals surface area contributed by atoms with Crippen molar-refractivity contribution in [3.63, 3.8) is 0 Å². The van der Waals surface area contributed by atoms with Crippen molar-refractivity contribution in [2.24, 2.45) is 5.92 Å². The molecule has 1 aromatic heterocycles. The third-order valence-corrected chi connectivity index (χ3v) is 6.37. The summed E-state index contributed by atoms with van der Waals surface area (Å²) >= 11 is 13.3. The molecule has 0 atom stereocenters. The minimum absolute atomic E-state index is 0.0323. The molecule has 8 heteroatoms. The number of hydrogen-bond donors (Lipinski definition) is 3. The largest absolute Gasteiger partial charge is 0.492 e. The van der Waals surface area contributed by atoms with Gasteiger partial charge in [0, 0.05) is 24.5 Å². The van der Waals surface area contributed by atoms with Gasteiger partial charge in [-0.3, -0.25) is 4.79 Å². The number of hydrogen-bond acceptors (Lipinski definition) is 5. The summed E-state index contributed by atoms with van der Waals surface area (Å²) in [6, 6.07) is 4.76. The lowest BCUT2D eigenvalue weighted by Crippen LogP contribution is -2.25. The average molecular weight is 428 g/mol. The predicted octanol–water partition coefficient (Wildman–Crippen LogP) is 5.12. The quantitative estimate of drug-likeness (QED) is 0.572. The standard InChI is InChI=1S/C19H23Cl2N3O2S/c20-13-6-7-14(15(21)10-13)17(25)22-9-8-16-18(26)24-19(27-16)23-11-12-4-2-1-3-5-12/h6-7,10,12,26H,1-5,8-9,11H2,(H,22,25)(H,23,24). The van der Waals surface area contributed by atoms with E-state index < -0.39 is 0 Å². The lowest BCUT2D eigenvalue weighted by atomic mass is 9.89. The number of halogens is 2. The maximum Gasteiger partial charge on any atom is 0.252 e. The highest BCUT2D eigenvalue weighted by Gasteiger charge is 2.16. The number of amides is 1. The van der Waals surface area contributed by atoms with Crippen molar-refractivity contribution >= 4 is 45.6 Å². The van der Waals surface area contributed by atoms with Gasteiger partial charge in [0.05, 0.1) is 15.5 Å². The zero-order chi connectivity index (χ0) is 19.2. The van der Waals surface area contributed by atoms with Crippen LogP contribution in [0.2, 0.25) is 10.0 Å². The fourth-order valence-corrected chi connectivity index (χ4v) is 4.62. The molecule has 0 spiro atoms. The average Bonchev–Trinajstić information content (AvgIpc) is 3.00. The monoisotopic (exact) mass is 427 g/mol. The highest BCUT2D eigenvalue weighted by molar-refractivity contribution is 7.15. The first-order valence-electron chi connectivity index (χ1n) is 9.18. The van der Waals surface area contributed by atoms with E-state index in [0.717, 1.165) is 16.6 Å². The van der Waals surface area contributed by atoms with Crippen LogP contribution in [0.1, 0.15) is 47.3 Å². The second kappa shape index (κ2) is 9.62. The molecule has 27 heavy (non-hydrogen) atoms. The minimum Gasteiger partial charge on any atom is -0.492 e. The molecular weight excluding hydrogens is 405 g/mol. The number of thiazole rings is 1. The zero-order valence-electron chi connectivity index (χ0n) is 14.9. The molecule has 1 fully saturated rings. The number of carbonyl (C=O) groups is 1. The second-order valence-corrected chi connectivity index (χ2v) is 8.71. The summed E-state index contributed by atoms with van der Waals surface area (Å²) in [6.07, 6.45) is 6.97. The molecular formula is C19H23Cl2N3O2S. The fourth-order valence-electron chi connectivity index (χ4n) is 3.26. The number of rotatable bonds is 7. The lowest BCUT2D eigenvalue weighted by Gasteiger charge is -2.21. The molecule has 0 bridgehead atoms. The Balaban J connectivity index is 1.47. The summed E-state index contributed by atoms with van der Waals surface area (Å²) in [4.78, 5) is 17.2. The Morgan fingerprint density at radius 3 is 2.78 bits per heavy atom. The molecule has 0 aliphatic heterocycles. The number of nitrogens with one attached hydrogen (secondary N) is 2. The number of benzene rings is 1. The van der Waals surface area contributed by atoms with Crippen LogP contribution in [0.3, 0.4) is 0 Å². The van der Waals surface area contributed by atoms with Crippen LogP contribution in [0.15, 0.2) is 18.2 Å². The summed E-state index contributed by atoms with van der Waals surface area (Å²) < 4.78 is 0. The van der Waals surface area contributed by atoms with Crippen molar-refractivity contribution in [3.05, 3.63) is 38.7 Å². The number of carbonyl (C=O) groups excluding carboxylic acids is 1. The van der Waals surface area contributed by atoms with Crippen LogP contribution in [0, 0.1) is 5.92 Å². The molecule has 1 aliphatic rings. The van der Waals surface area contributed by atoms with Gasteiger partial charge in [-0.25, -0.2) is 0 Å². The molecule has 0 radical (unpaired) electrons. The van der Waals surface area contributed by atoms with Crippen molar-refractivity contribution in [2.45, 2.75) is 38.5 Å². The Bertz CT molecular complexity index is 791. The summed E-state index contributed by atoms with van der Waals surface area (Å²) in [5.41, 5.74) is 0.379. The van der Waals surface area contributed by atoms with Crippen LogP contribution >= 0.6 is 34.5 Å². The Hall–Kier alpha value is -1.50. The molecule has 1 saturated carbocycles. The van der Waals surface area contributed by atoms with Gasteiger partial charge >= 0.3 is 0 Å². The molecule has 146 valence electrons. The first kappa shape index (κ1) is 20.2. The number of nitrogens with zero attached hydrogens (tertiary/aromatic N) is 1. The third kappa shape index (κ3) is 5.74. The van der Waals surface area contributed by atoms with Crippen LogP contribution in [0.4, 0.5) is 5.13 Å². The summed E-state index contributed by atoms with van der Waals surface area (Å²) in [6.45, 7) is 1.29. The number of anilines is 1. The molecule has 1 heterocycles. The summed E-state index contributed by atoms with van der Waals surface area (Å²) in [5.74, 6) is 0.456. The maximum atomic E-state index is 12.2. The number of aromatic nitrogens is 1. The van der Waals surface area contributed by atoms with E-state index in [1.54, 1.807) is 12.1 Å². The van der Waals surface area contributed by atoms with Crippen molar-refractivity contribution in [2.75, 3.05) is 18.4 Å². The predicted molar refractivity (Wildman–Crippen MR) is 111 cm³/mol. The van der Waals surface area contributed by atoms with Crippen LogP contribution < -0.4 is 10.6 Å². The van der Waals surface area contributed by atoms with Gasteiger partial charge in [0.25, 0.3) is 5.91 Å². The van der Waals surface area contributed by atoms with Gasteiger partial charge in [0.1, 0.15) is 0 Å². The first-order valence-corrected chi connectivity index (χ1v) is 10.8. The summed E-state index contributed by atoms with van der Waals surface area (Å²) in [7, 11) is 0. The van der Waals surface area contributed by atoms with Crippen LogP contribution in [0.5, 0.6) is 5.88 Å². The lowest BCUT2D eigenvalue weighted by molar-refractivity contribution is 0.0954. The Morgan fingerprint density at radius 2 is 2.04 bits per heavy atom. The normalized spacial score (nSPS) is 14.9. The first-order chi connectivity index (χ1) is 13.0. The molecule has 0 unspecified atom stereocenters. The van der Waals surface area contributed by atoms with E-state index in [2.05, 4.69) is 15.6 Å². The molecule has 2 aromatic rings. The summed E-state index contributed by atoms with van der Waals surface area (Å²) in [5, 5.41) is 17.7. The van der Waals surface area contributed by atoms with E-state index in [-0.39, 0.29) is 11.8 Å². The van der Waals surface area contributed by atoms with E-state index in [1.165, 1.54) is 49.5 Å². The van der Waals surface area contributed by atoms with Crippen molar-refractivity contribution in [1.29, 1.82) is 0 Å². The van der Waals surface area contributed by atoms with Crippen molar-refractivity contribution in [3.8, 4) is 5.88 Å². The fraction of sp³-hybridized carbons (Fsp3) is 0.474. The van der Waals surface area contributed by atoms with Crippen LogP contribution in [-0.2, 0) is 6.42 Å². The molecule has 1 aromatic carbocycles. The highest BCUT2D eigenvalue weighted by Crippen LogP contribution is 2.30. The van der Waals surface area contributed by atoms with Gasteiger partial charge < -0.3 is 15.7 Å². The molecule has 1 amide bonds. The van der Waals surface area contributed by atoms with E-state index in [9.17, 15) is 9.90 Å². The van der Waals surface area contributed by atoms with Crippen molar-refractivity contribution in [1.82, 2.24) is 10.3 Å². The Morgan fingerprint density at radius 1 is 1.26 bits per heavy atom. The Kier molecular flexibility index (Phi) is 7.21. The minimum atomic E-state index is -0.267. The van der Waals surface area contributed by atoms with Crippen LogP contribution in [0.25, 0.3) is 0 Å². The van der Waals surface area contributed by atoms with Gasteiger partial charge in [-0.15, -0.1) is 0 Å². The molecule has 5 nitrogen and oxygen atoms in total. The molecule has 1 aliphatic carbocycles. The van der Waals surface area contributed by atoms with Gasteiger partial charge in [-0.05, 0) is 37.0 Å². The maximum absolute atomic E-state index is 12.2. The topological polar surface area (TPSA) is 74.2 Å². The van der Waals surface area contributed by atoms with E-state index >= 15 is 0 Å². The Labute approximate surface area is 173 Å². The van der Waals surface area contributed by atoms with Gasteiger partial charge in [-0.1, -0.05) is 53.8 Å². The van der Waals surface area contributed by atoms with E-state index in [1.807, 2.05) is 0 Å². The number of aromatic hydroxyl groups is 1. The van der Waals surface area contributed by atoms with Gasteiger partial charge in [0.15, 0.2) is 5.13 Å². The molecule has 0 saturated heterocycles.